The van der Waals surface area contributed by atoms with Crippen molar-refractivity contribution in [3.8, 4) is 5.75 Å². The van der Waals surface area contributed by atoms with Crippen LogP contribution in [-0.2, 0) is 19.4 Å². The lowest BCUT2D eigenvalue weighted by Crippen LogP contribution is -2.35. The minimum absolute atomic E-state index is 0.0150. The molecule has 1 unspecified atom stereocenters. The Hall–Kier alpha value is -3.10. The van der Waals surface area contributed by atoms with E-state index in [1.807, 2.05) is 24.3 Å². The Morgan fingerprint density at radius 2 is 2.23 bits per heavy atom. The first-order valence-corrected chi connectivity index (χ1v) is 11.1. The number of hydrogen-bond acceptors (Lipinski definition) is 7. The molecule has 4 rings (SSSR count). The third kappa shape index (κ3) is 4.35. The Bertz CT molecular complexity index is 1190. The van der Waals surface area contributed by atoms with Crippen LogP contribution in [0.2, 0.25) is 0 Å². The summed E-state index contributed by atoms with van der Waals surface area (Å²) in [5, 5.41) is 4.32. The van der Waals surface area contributed by atoms with Gasteiger partial charge in [0.05, 0.1) is 25.4 Å². The quantitative estimate of drug-likeness (QED) is 0.490. The van der Waals surface area contributed by atoms with Gasteiger partial charge in [-0.25, -0.2) is 4.98 Å². The van der Waals surface area contributed by atoms with Crippen molar-refractivity contribution in [3.63, 3.8) is 0 Å². The number of aryl methyl sites for hydroxylation is 1. The van der Waals surface area contributed by atoms with Crippen LogP contribution in [0.1, 0.15) is 22.4 Å². The zero-order chi connectivity index (χ0) is 21.8. The van der Waals surface area contributed by atoms with Crippen LogP contribution in [0.3, 0.4) is 0 Å². The first kappa shape index (κ1) is 21.1. The van der Waals surface area contributed by atoms with E-state index >= 15 is 0 Å². The summed E-state index contributed by atoms with van der Waals surface area (Å²) in [4.78, 5) is 20.0. The van der Waals surface area contributed by atoms with Gasteiger partial charge in [-0.15, -0.1) is 11.3 Å². The van der Waals surface area contributed by atoms with Crippen molar-refractivity contribution < 1.29 is 4.74 Å². The fourth-order valence-corrected chi connectivity index (χ4v) is 5.32. The van der Waals surface area contributed by atoms with Crippen molar-refractivity contribution >= 4 is 21.6 Å². The second-order valence-electron chi connectivity index (χ2n) is 7.59. The lowest BCUT2D eigenvalue weighted by Gasteiger charge is -2.23. The van der Waals surface area contributed by atoms with Crippen molar-refractivity contribution in [1.29, 1.82) is 0 Å². The Morgan fingerprint density at radius 1 is 1.39 bits per heavy atom. The van der Waals surface area contributed by atoms with Gasteiger partial charge in [0, 0.05) is 23.0 Å². The molecule has 0 amide bonds. The fraction of sp³-hybridized carbons (Fsp3) is 0.304. The molecule has 1 aliphatic rings. The number of nitrogens with zero attached hydrogens (tertiary/aromatic N) is 2. The summed E-state index contributed by atoms with van der Waals surface area (Å²) in [7, 11) is 1.64. The molecule has 2 aromatic heterocycles. The van der Waals surface area contributed by atoms with Gasteiger partial charge in [-0.3, -0.25) is 9.36 Å². The number of para-hydroxylation sites is 1. The number of nitrogens with one attached hydrogen (secondary N) is 1. The van der Waals surface area contributed by atoms with Crippen LogP contribution in [0.5, 0.6) is 5.75 Å². The van der Waals surface area contributed by atoms with Crippen LogP contribution in [0.4, 0.5) is 0 Å². The highest BCUT2D eigenvalue weighted by atomic mass is 32.1. The molecule has 0 bridgehead atoms. The Labute approximate surface area is 185 Å². The molecule has 0 fully saturated rings. The maximum absolute atomic E-state index is 13.3. The molecule has 0 saturated carbocycles. The van der Waals surface area contributed by atoms with E-state index in [9.17, 15) is 4.79 Å². The van der Waals surface area contributed by atoms with Crippen LogP contribution in [0, 0.1) is 0 Å². The minimum Gasteiger partial charge on any atom is -0.496 e. The van der Waals surface area contributed by atoms with E-state index in [-0.39, 0.29) is 5.56 Å². The minimum atomic E-state index is 0.0150. The van der Waals surface area contributed by atoms with Gasteiger partial charge in [-0.2, -0.15) is 0 Å². The number of benzene rings is 1. The lowest BCUT2D eigenvalue weighted by atomic mass is 9.93. The van der Waals surface area contributed by atoms with Gasteiger partial charge in [0.1, 0.15) is 10.6 Å². The van der Waals surface area contributed by atoms with Crippen molar-refractivity contribution in [2.45, 2.75) is 31.8 Å². The number of nitrogens with two attached hydrogens (primary N) is 2. The molecule has 0 saturated heterocycles. The number of ether oxygens (including phenoxy) is 1. The summed E-state index contributed by atoms with van der Waals surface area (Å²) in [6, 6.07) is 8.07. The predicted octanol–water partition coefficient (Wildman–Crippen LogP) is 2.28. The van der Waals surface area contributed by atoms with E-state index in [1.54, 1.807) is 41.6 Å². The summed E-state index contributed by atoms with van der Waals surface area (Å²) in [5.41, 5.74) is 14.2. The Morgan fingerprint density at radius 3 is 3.00 bits per heavy atom. The van der Waals surface area contributed by atoms with Crippen LogP contribution < -0.4 is 27.1 Å². The van der Waals surface area contributed by atoms with E-state index in [0.29, 0.717) is 19.1 Å². The molecule has 31 heavy (non-hydrogen) atoms. The highest BCUT2D eigenvalue weighted by Gasteiger charge is 2.25. The molecule has 8 heteroatoms. The molecule has 0 radical (unpaired) electrons. The van der Waals surface area contributed by atoms with Gasteiger partial charge in [0.25, 0.3) is 5.56 Å². The van der Waals surface area contributed by atoms with E-state index < -0.39 is 0 Å². The van der Waals surface area contributed by atoms with Gasteiger partial charge < -0.3 is 21.5 Å². The zero-order valence-corrected chi connectivity index (χ0v) is 18.3. The molecule has 1 aromatic carbocycles. The number of fused-ring (bicyclic) bond motifs is 3. The molecule has 2 heterocycles. The smallest absolute Gasteiger partial charge is 0.262 e. The van der Waals surface area contributed by atoms with E-state index in [2.05, 4.69) is 10.3 Å². The van der Waals surface area contributed by atoms with Crippen molar-refractivity contribution in [3.05, 3.63) is 81.0 Å². The topological polar surface area (TPSA) is 108 Å². The number of methoxy groups -OCH3 is 1. The Balaban J connectivity index is 1.57. The van der Waals surface area contributed by atoms with Gasteiger partial charge in [-0.1, -0.05) is 18.2 Å². The molecule has 0 aliphatic heterocycles. The number of thiophene rings is 1. The molecule has 1 aliphatic carbocycles. The van der Waals surface area contributed by atoms with Crippen LogP contribution in [0.15, 0.2) is 59.4 Å². The van der Waals surface area contributed by atoms with Crippen molar-refractivity contribution in [2.24, 2.45) is 11.5 Å². The number of rotatable bonds is 7. The molecular formula is C23H27N5O2S. The molecule has 0 spiro atoms. The van der Waals surface area contributed by atoms with E-state index in [0.717, 1.165) is 51.9 Å². The lowest BCUT2D eigenvalue weighted by molar-refractivity contribution is 0.408. The van der Waals surface area contributed by atoms with E-state index in [1.165, 1.54) is 11.1 Å². The van der Waals surface area contributed by atoms with E-state index in [4.69, 9.17) is 16.2 Å². The van der Waals surface area contributed by atoms with Crippen molar-refractivity contribution in [1.82, 2.24) is 14.9 Å². The molecule has 7 nitrogen and oxygen atoms in total. The third-order valence-corrected chi connectivity index (χ3v) is 6.85. The molecule has 3 aromatic rings. The average molecular weight is 438 g/mol. The standard InChI is InChI=1S/C23H27N5O2S/c1-30-19-5-3-2-4-16(19)13-28-14-27-22-21(23(28)29)18-7-6-17(10-20(18)31-22)26-12-15(11-25)8-9-24/h2-5,8-9,11,14,17,26H,6-7,10,12-13,24-25H2,1H3/b9-8-,15-11+. The largest absolute Gasteiger partial charge is 0.496 e. The summed E-state index contributed by atoms with van der Waals surface area (Å²) >= 11 is 1.63. The second-order valence-corrected chi connectivity index (χ2v) is 8.68. The zero-order valence-electron chi connectivity index (χ0n) is 17.5. The fourth-order valence-electron chi connectivity index (χ4n) is 4.06. The number of aromatic nitrogens is 2. The number of hydrogen-bond donors (Lipinski definition) is 3. The van der Waals surface area contributed by atoms with Crippen LogP contribution in [0.25, 0.3) is 10.2 Å². The van der Waals surface area contributed by atoms with Gasteiger partial charge >= 0.3 is 0 Å². The summed E-state index contributed by atoms with van der Waals surface area (Å²) < 4.78 is 7.11. The van der Waals surface area contributed by atoms with Gasteiger partial charge in [-0.05, 0) is 54.9 Å². The molecule has 162 valence electrons. The highest BCUT2D eigenvalue weighted by molar-refractivity contribution is 7.18. The van der Waals surface area contributed by atoms with Gasteiger partial charge in [0.15, 0.2) is 0 Å². The molecule has 5 N–H and O–H groups in total. The molecular weight excluding hydrogens is 410 g/mol. The monoisotopic (exact) mass is 437 g/mol. The predicted molar refractivity (Wildman–Crippen MR) is 125 cm³/mol. The maximum Gasteiger partial charge on any atom is 0.262 e. The second kappa shape index (κ2) is 9.36. The SMILES string of the molecule is COc1ccccc1Cn1cnc2sc3c(c2c1=O)CCC(NCC(/C=C\N)=C/N)C3. The molecule has 1 atom stereocenters. The van der Waals surface area contributed by atoms with Crippen LogP contribution in [-0.4, -0.2) is 29.2 Å². The first-order chi connectivity index (χ1) is 15.1. The van der Waals surface area contributed by atoms with Gasteiger partial charge in [0.2, 0.25) is 0 Å². The van der Waals surface area contributed by atoms with Crippen LogP contribution >= 0.6 is 11.3 Å². The maximum atomic E-state index is 13.3. The highest BCUT2D eigenvalue weighted by Crippen LogP contribution is 2.33. The van der Waals surface area contributed by atoms with Crippen molar-refractivity contribution in [2.75, 3.05) is 13.7 Å². The average Bonchev–Trinajstić information content (AvgIpc) is 3.17. The first-order valence-electron chi connectivity index (χ1n) is 10.3. The summed E-state index contributed by atoms with van der Waals surface area (Å²) in [6.07, 6.45) is 9.21. The third-order valence-electron chi connectivity index (χ3n) is 5.69. The Kier molecular flexibility index (Phi) is 6.39. The normalized spacial score (nSPS) is 16.7. The summed E-state index contributed by atoms with van der Waals surface area (Å²) in [6.45, 7) is 1.10. The summed E-state index contributed by atoms with van der Waals surface area (Å²) in [5.74, 6) is 0.770.